The molecule has 0 aromatic carbocycles. The topological polar surface area (TPSA) is 78.9 Å². The Labute approximate surface area is 113 Å². The van der Waals surface area contributed by atoms with Crippen molar-refractivity contribution in [1.82, 2.24) is 10.2 Å². The molecule has 2 amide bonds. The summed E-state index contributed by atoms with van der Waals surface area (Å²) in [5, 5.41) is 11.9. The third-order valence-electron chi connectivity index (χ3n) is 3.19. The Bertz CT molecular complexity index is 344. The van der Waals surface area contributed by atoms with E-state index in [1.54, 1.807) is 4.90 Å². The number of carboxylic acids is 1. The lowest BCUT2D eigenvalue weighted by Crippen LogP contribution is -2.50. The molecule has 2 atom stereocenters. The van der Waals surface area contributed by atoms with E-state index in [9.17, 15) is 9.59 Å². The van der Waals surface area contributed by atoms with Crippen molar-refractivity contribution in [3.8, 4) is 0 Å². The van der Waals surface area contributed by atoms with E-state index >= 15 is 0 Å². The summed E-state index contributed by atoms with van der Waals surface area (Å²) in [5.74, 6) is -1.55. The van der Waals surface area contributed by atoms with Crippen LogP contribution in [-0.2, 0) is 9.53 Å². The van der Waals surface area contributed by atoms with Gasteiger partial charge in [0.2, 0.25) is 0 Å². The van der Waals surface area contributed by atoms with Gasteiger partial charge in [-0.05, 0) is 20.3 Å². The van der Waals surface area contributed by atoms with Gasteiger partial charge < -0.3 is 20.1 Å². The van der Waals surface area contributed by atoms with Crippen molar-refractivity contribution < 1.29 is 19.4 Å². The van der Waals surface area contributed by atoms with Gasteiger partial charge in [0.1, 0.15) is 5.92 Å². The van der Waals surface area contributed by atoms with Crippen molar-refractivity contribution in [2.45, 2.75) is 26.3 Å². The number of nitrogens with zero attached hydrogens (tertiary/aromatic N) is 1. The number of rotatable bonds is 6. The Balaban J connectivity index is 2.56. The Morgan fingerprint density at radius 1 is 1.47 bits per heavy atom. The zero-order valence-corrected chi connectivity index (χ0v) is 11.5. The lowest BCUT2D eigenvalue weighted by atomic mass is 10.0. The Hall–Kier alpha value is -1.56. The molecule has 1 aliphatic rings. The molecule has 0 spiro atoms. The standard InChI is InChI=1S/C13H22N2O4/c1-3-5-6-7-14-13(18)15(4-2)11-9-19-8-10(11)12(16)17/h3,5,10-11H,4,6-9H2,1-2H3,(H,14,18)(H,16,17)/b5-3+. The summed E-state index contributed by atoms with van der Waals surface area (Å²) in [6.07, 6.45) is 4.66. The number of urea groups is 1. The third-order valence-corrected chi connectivity index (χ3v) is 3.19. The summed E-state index contributed by atoms with van der Waals surface area (Å²) in [6, 6.07) is -0.613. The summed E-state index contributed by atoms with van der Waals surface area (Å²) in [7, 11) is 0. The largest absolute Gasteiger partial charge is 0.481 e. The molecular formula is C13H22N2O4. The second-order valence-corrected chi connectivity index (χ2v) is 4.43. The molecule has 6 heteroatoms. The van der Waals surface area contributed by atoms with Crippen molar-refractivity contribution >= 4 is 12.0 Å². The van der Waals surface area contributed by atoms with Crippen molar-refractivity contribution in [3.05, 3.63) is 12.2 Å². The van der Waals surface area contributed by atoms with Crippen LogP contribution < -0.4 is 5.32 Å². The average molecular weight is 270 g/mol. The summed E-state index contributed by atoms with van der Waals surface area (Å²) in [6.45, 7) is 5.23. The van der Waals surface area contributed by atoms with Gasteiger partial charge in [-0.25, -0.2) is 4.79 Å². The van der Waals surface area contributed by atoms with E-state index in [4.69, 9.17) is 9.84 Å². The molecule has 2 N–H and O–H groups in total. The zero-order chi connectivity index (χ0) is 14.3. The molecule has 19 heavy (non-hydrogen) atoms. The SMILES string of the molecule is C/C=C/CCNC(=O)N(CC)C1COCC1C(=O)O. The molecule has 108 valence electrons. The van der Waals surface area contributed by atoms with Gasteiger partial charge >= 0.3 is 12.0 Å². The minimum absolute atomic E-state index is 0.169. The molecule has 0 aromatic rings. The van der Waals surface area contributed by atoms with E-state index in [1.165, 1.54) is 0 Å². The minimum Gasteiger partial charge on any atom is -0.481 e. The Morgan fingerprint density at radius 2 is 2.21 bits per heavy atom. The van der Waals surface area contributed by atoms with Crippen LogP contribution in [0.15, 0.2) is 12.2 Å². The number of aliphatic carboxylic acids is 1. The van der Waals surface area contributed by atoms with E-state index in [0.717, 1.165) is 6.42 Å². The monoisotopic (exact) mass is 270 g/mol. The maximum Gasteiger partial charge on any atom is 0.317 e. The zero-order valence-electron chi connectivity index (χ0n) is 11.5. The number of allylic oxidation sites excluding steroid dienone is 1. The molecular weight excluding hydrogens is 248 g/mol. The van der Waals surface area contributed by atoms with Crippen LogP contribution in [0.25, 0.3) is 0 Å². The van der Waals surface area contributed by atoms with Crippen LogP contribution in [0.1, 0.15) is 20.3 Å². The number of ether oxygens (including phenoxy) is 1. The third kappa shape index (κ3) is 4.24. The molecule has 1 heterocycles. The molecule has 2 unspecified atom stereocenters. The van der Waals surface area contributed by atoms with E-state index in [0.29, 0.717) is 13.1 Å². The van der Waals surface area contributed by atoms with Crippen molar-refractivity contribution in [2.24, 2.45) is 5.92 Å². The maximum absolute atomic E-state index is 12.0. The van der Waals surface area contributed by atoms with Gasteiger partial charge in [0.05, 0.1) is 19.3 Å². The number of likely N-dealkylation sites (N-methyl/N-ethyl adjacent to an activating group) is 1. The van der Waals surface area contributed by atoms with Crippen molar-refractivity contribution in [1.29, 1.82) is 0 Å². The van der Waals surface area contributed by atoms with Gasteiger partial charge in [-0.15, -0.1) is 0 Å². The molecule has 0 saturated carbocycles. The molecule has 1 saturated heterocycles. The summed E-state index contributed by atoms with van der Waals surface area (Å²) >= 11 is 0. The number of amides is 2. The normalized spacial score (nSPS) is 22.6. The number of carbonyl (C=O) groups excluding carboxylic acids is 1. The predicted octanol–water partition coefficient (Wildman–Crippen LogP) is 1.08. The van der Waals surface area contributed by atoms with Crippen molar-refractivity contribution in [3.63, 3.8) is 0 Å². The highest BCUT2D eigenvalue weighted by Gasteiger charge is 2.39. The van der Waals surface area contributed by atoms with Crippen molar-refractivity contribution in [2.75, 3.05) is 26.3 Å². The molecule has 0 aromatic heterocycles. The van der Waals surface area contributed by atoms with E-state index in [2.05, 4.69) is 5.32 Å². The Kier molecular flexibility index (Phi) is 6.35. The second-order valence-electron chi connectivity index (χ2n) is 4.43. The highest BCUT2D eigenvalue weighted by Crippen LogP contribution is 2.20. The fraction of sp³-hybridized carbons (Fsp3) is 0.692. The first kappa shape index (κ1) is 15.5. The molecule has 1 aliphatic heterocycles. The minimum atomic E-state index is -0.914. The van der Waals surface area contributed by atoms with Crippen LogP contribution in [-0.4, -0.2) is 54.4 Å². The first-order chi connectivity index (χ1) is 9.11. The predicted molar refractivity (Wildman–Crippen MR) is 70.9 cm³/mol. The maximum atomic E-state index is 12.0. The smallest absolute Gasteiger partial charge is 0.317 e. The van der Waals surface area contributed by atoms with Gasteiger partial charge in [0.25, 0.3) is 0 Å². The van der Waals surface area contributed by atoms with Gasteiger partial charge in [-0.2, -0.15) is 0 Å². The van der Waals surface area contributed by atoms with Crippen LogP contribution in [0, 0.1) is 5.92 Å². The van der Waals surface area contributed by atoms with Crippen LogP contribution in [0.3, 0.4) is 0 Å². The molecule has 0 radical (unpaired) electrons. The molecule has 6 nitrogen and oxygen atoms in total. The number of carboxylic acid groups (broad SMARTS) is 1. The number of nitrogens with one attached hydrogen (secondary N) is 1. The van der Waals surface area contributed by atoms with Crippen LogP contribution >= 0.6 is 0 Å². The van der Waals surface area contributed by atoms with Gasteiger partial charge in [0.15, 0.2) is 0 Å². The molecule has 0 bridgehead atoms. The first-order valence-electron chi connectivity index (χ1n) is 6.58. The highest BCUT2D eigenvalue weighted by molar-refractivity contribution is 5.77. The fourth-order valence-corrected chi connectivity index (χ4v) is 2.15. The summed E-state index contributed by atoms with van der Waals surface area (Å²) < 4.78 is 5.19. The number of hydrogen-bond donors (Lipinski definition) is 2. The van der Waals surface area contributed by atoms with E-state index < -0.39 is 11.9 Å². The Morgan fingerprint density at radius 3 is 2.79 bits per heavy atom. The summed E-state index contributed by atoms with van der Waals surface area (Å²) in [4.78, 5) is 24.7. The molecule has 1 rings (SSSR count). The average Bonchev–Trinajstić information content (AvgIpc) is 2.85. The van der Waals surface area contributed by atoms with E-state index in [-0.39, 0.29) is 25.3 Å². The second kappa shape index (κ2) is 7.78. The summed E-state index contributed by atoms with van der Waals surface area (Å²) in [5.41, 5.74) is 0. The van der Waals surface area contributed by atoms with Crippen LogP contribution in [0.5, 0.6) is 0 Å². The molecule has 0 aliphatic carbocycles. The van der Waals surface area contributed by atoms with Gasteiger partial charge in [0, 0.05) is 13.1 Å². The molecule has 1 fully saturated rings. The highest BCUT2D eigenvalue weighted by atomic mass is 16.5. The number of carbonyl (C=O) groups is 2. The number of hydrogen-bond acceptors (Lipinski definition) is 3. The van der Waals surface area contributed by atoms with Crippen LogP contribution in [0.2, 0.25) is 0 Å². The van der Waals surface area contributed by atoms with E-state index in [1.807, 2.05) is 26.0 Å². The van der Waals surface area contributed by atoms with Gasteiger partial charge in [-0.3, -0.25) is 4.79 Å². The fourth-order valence-electron chi connectivity index (χ4n) is 2.15. The lowest BCUT2D eigenvalue weighted by Gasteiger charge is -2.29. The van der Waals surface area contributed by atoms with Gasteiger partial charge in [-0.1, -0.05) is 12.2 Å². The first-order valence-corrected chi connectivity index (χ1v) is 6.58. The quantitative estimate of drug-likeness (QED) is 0.559. The lowest BCUT2D eigenvalue weighted by molar-refractivity contribution is -0.142. The van der Waals surface area contributed by atoms with Crippen LogP contribution in [0.4, 0.5) is 4.79 Å².